The van der Waals surface area contributed by atoms with E-state index < -0.39 is 0 Å². The van der Waals surface area contributed by atoms with E-state index in [2.05, 4.69) is 44.0 Å². The summed E-state index contributed by atoms with van der Waals surface area (Å²) in [5.41, 5.74) is 4.30. The lowest BCUT2D eigenvalue weighted by Crippen LogP contribution is -2.15. The molecule has 0 aliphatic carbocycles. The molecule has 0 amide bonds. The zero-order valence-corrected chi connectivity index (χ0v) is 9.17. The third-order valence-corrected chi connectivity index (χ3v) is 2.71. The summed E-state index contributed by atoms with van der Waals surface area (Å²) in [4.78, 5) is 4.44. The van der Waals surface area contributed by atoms with Crippen LogP contribution in [0, 0.1) is 0 Å². The van der Waals surface area contributed by atoms with Crippen molar-refractivity contribution in [2.75, 3.05) is 0 Å². The Morgan fingerprint density at radius 2 is 2.00 bits per heavy atom. The molecule has 1 aromatic rings. The molecule has 0 unspecified atom stereocenters. The molecule has 1 heteroatoms. The number of nitrogens with zero attached hydrogens (tertiary/aromatic N) is 1. The molecule has 1 aliphatic rings. The van der Waals surface area contributed by atoms with Crippen molar-refractivity contribution >= 4 is 11.9 Å². The Morgan fingerprint density at radius 3 is 2.71 bits per heavy atom. The van der Waals surface area contributed by atoms with Crippen LogP contribution in [0.25, 0.3) is 0 Å². The predicted molar refractivity (Wildman–Crippen MR) is 61.6 cm³/mol. The highest BCUT2D eigenvalue weighted by molar-refractivity contribution is 5.70. The van der Waals surface area contributed by atoms with Crippen molar-refractivity contribution in [2.24, 2.45) is 4.99 Å². The molecule has 1 aromatic carbocycles. The lowest BCUT2D eigenvalue weighted by atomic mass is 9.81. The van der Waals surface area contributed by atoms with Crippen LogP contribution in [-0.2, 0) is 11.8 Å². The zero-order chi connectivity index (χ0) is 10.2. The maximum absolute atomic E-state index is 4.44. The highest BCUT2D eigenvalue weighted by atomic mass is 14.7. The van der Waals surface area contributed by atoms with E-state index in [4.69, 9.17) is 0 Å². The Balaban J connectivity index is 2.57. The van der Waals surface area contributed by atoms with E-state index in [0.29, 0.717) is 0 Å². The molecule has 0 bridgehead atoms. The SMILES string of the molecule is CC(C)(C)c1cccc2c1CCC=N2. The maximum atomic E-state index is 4.44. The van der Waals surface area contributed by atoms with E-state index in [-0.39, 0.29) is 5.41 Å². The first kappa shape index (κ1) is 9.45. The van der Waals surface area contributed by atoms with Gasteiger partial charge in [0, 0.05) is 6.21 Å². The van der Waals surface area contributed by atoms with Crippen molar-refractivity contribution < 1.29 is 0 Å². The minimum atomic E-state index is 0.234. The van der Waals surface area contributed by atoms with Crippen LogP contribution in [0.1, 0.15) is 38.3 Å². The van der Waals surface area contributed by atoms with Gasteiger partial charge in [-0.25, -0.2) is 0 Å². The molecule has 2 rings (SSSR count). The topological polar surface area (TPSA) is 12.4 Å². The van der Waals surface area contributed by atoms with Gasteiger partial charge >= 0.3 is 0 Å². The quantitative estimate of drug-likeness (QED) is 0.588. The monoisotopic (exact) mass is 187 g/mol. The van der Waals surface area contributed by atoms with Crippen molar-refractivity contribution in [1.29, 1.82) is 0 Å². The molecular formula is C13H17N. The van der Waals surface area contributed by atoms with Gasteiger partial charge in [-0.2, -0.15) is 0 Å². The second kappa shape index (κ2) is 3.23. The fourth-order valence-corrected chi connectivity index (χ4v) is 2.03. The first-order valence-corrected chi connectivity index (χ1v) is 5.24. The highest BCUT2D eigenvalue weighted by Crippen LogP contribution is 2.34. The van der Waals surface area contributed by atoms with Crippen LogP contribution < -0.4 is 0 Å². The molecule has 0 saturated carbocycles. The molecule has 1 heterocycles. The summed E-state index contributed by atoms with van der Waals surface area (Å²) in [5.74, 6) is 0. The van der Waals surface area contributed by atoms with E-state index >= 15 is 0 Å². The van der Waals surface area contributed by atoms with E-state index in [1.54, 1.807) is 0 Å². The van der Waals surface area contributed by atoms with Gasteiger partial charge in [-0.15, -0.1) is 0 Å². The van der Waals surface area contributed by atoms with Crippen molar-refractivity contribution in [3.63, 3.8) is 0 Å². The molecule has 0 aromatic heterocycles. The normalized spacial score (nSPS) is 15.4. The summed E-state index contributed by atoms with van der Waals surface area (Å²) in [6.07, 6.45) is 4.25. The van der Waals surface area contributed by atoms with Crippen molar-refractivity contribution in [1.82, 2.24) is 0 Å². The van der Waals surface area contributed by atoms with E-state index in [1.165, 1.54) is 16.8 Å². The van der Waals surface area contributed by atoms with Crippen LogP contribution in [0.3, 0.4) is 0 Å². The van der Waals surface area contributed by atoms with E-state index in [1.807, 2.05) is 6.21 Å². The van der Waals surface area contributed by atoms with Crippen molar-refractivity contribution in [3.05, 3.63) is 29.3 Å². The smallest absolute Gasteiger partial charge is 0.0660 e. The maximum Gasteiger partial charge on any atom is 0.0660 e. The molecule has 0 radical (unpaired) electrons. The van der Waals surface area contributed by atoms with Crippen LogP contribution in [0.5, 0.6) is 0 Å². The lowest BCUT2D eigenvalue weighted by Gasteiger charge is -2.25. The average molecular weight is 187 g/mol. The summed E-state index contributed by atoms with van der Waals surface area (Å²) in [7, 11) is 0. The summed E-state index contributed by atoms with van der Waals surface area (Å²) < 4.78 is 0. The Bertz CT molecular complexity index is 369. The number of benzene rings is 1. The molecule has 0 N–H and O–H groups in total. The summed E-state index contributed by atoms with van der Waals surface area (Å²) in [6.45, 7) is 6.79. The second-order valence-electron chi connectivity index (χ2n) is 4.90. The summed E-state index contributed by atoms with van der Waals surface area (Å²) in [5, 5.41) is 0. The zero-order valence-electron chi connectivity index (χ0n) is 9.17. The molecular weight excluding hydrogens is 170 g/mol. The van der Waals surface area contributed by atoms with Crippen molar-refractivity contribution in [2.45, 2.75) is 39.0 Å². The van der Waals surface area contributed by atoms with Gasteiger partial charge in [0.1, 0.15) is 0 Å². The number of hydrogen-bond acceptors (Lipinski definition) is 1. The van der Waals surface area contributed by atoms with Crippen LogP contribution in [0.2, 0.25) is 0 Å². The van der Waals surface area contributed by atoms with Gasteiger partial charge in [-0.3, -0.25) is 4.99 Å². The highest BCUT2D eigenvalue weighted by Gasteiger charge is 2.20. The molecule has 1 nitrogen and oxygen atoms in total. The Hall–Kier alpha value is -1.11. The lowest BCUT2D eigenvalue weighted by molar-refractivity contribution is 0.582. The van der Waals surface area contributed by atoms with Crippen LogP contribution >= 0.6 is 0 Å². The van der Waals surface area contributed by atoms with Crippen LogP contribution in [0.4, 0.5) is 5.69 Å². The fraction of sp³-hybridized carbons (Fsp3) is 0.462. The minimum absolute atomic E-state index is 0.234. The summed E-state index contributed by atoms with van der Waals surface area (Å²) >= 11 is 0. The molecule has 0 atom stereocenters. The molecule has 0 saturated heterocycles. The predicted octanol–water partition coefficient (Wildman–Crippen LogP) is 3.63. The largest absolute Gasteiger partial charge is 0.261 e. The average Bonchev–Trinajstić information content (AvgIpc) is 2.15. The molecule has 0 spiro atoms. The van der Waals surface area contributed by atoms with Gasteiger partial charge in [0.15, 0.2) is 0 Å². The third kappa shape index (κ3) is 1.59. The standard InChI is InChI=1S/C13H17N/c1-13(2,3)11-7-4-8-12-10(11)6-5-9-14-12/h4,7-9H,5-6H2,1-3H3. The molecule has 74 valence electrons. The Labute approximate surface area is 85.9 Å². The van der Waals surface area contributed by atoms with Crippen molar-refractivity contribution in [3.8, 4) is 0 Å². The molecule has 1 aliphatic heterocycles. The minimum Gasteiger partial charge on any atom is -0.261 e. The van der Waals surface area contributed by atoms with E-state index in [9.17, 15) is 0 Å². The van der Waals surface area contributed by atoms with Gasteiger partial charge < -0.3 is 0 Å². The van der Waals surface area contributed by atoms with Crippen LogP contribution in [0.15, 0.2) is 23.2 Å². The fourth-order valence-electron chi connectivity index (χ4n) is 2.03. The van der Waals surface area contributed by atoms with Gasteiger partial charge in [0.25, 0.3) is 0 Å². The number of fused-ring (bicyclic) bond motifs is 1. The molecule has 14 heavy (non-hydrogen) atoms. The number of hydrogen-bond donors (Lipinski definition) is 0. The van der Waals surface area contributed by atoms with Gasteiger partial charge in [0.2, 0.25) is 0 Å². The number of rotatable bonds is 0. The van der Waals surface area contributed by atoms with E-state index in [0.717, 1.165) is 12.8 Å². The van der Waals surface area contributed by atoms with Crippen LogP contribution in [-0.4, -0.2) is 6.21 Å². The third-order valence-electron chi connectivity index (χ3n) is 2.71. The summed E-state index contributed by atoms with van der Waals surface area (Å²) in [6, 6.07) is 6.46. The first-order chi connectivity index (χ1) is 6.59. The second-order valence-corrected chi connectivity index (χ2v) is 4.90. The van der Waals surface area contributed by atoms with Gasteiger partial charge in [-0.1, -0.05) is 32.9 Å². The Kier molecular flexibility index (Phi) is 2.18. The van der Waals surface area contributed by atoms with Gasteiger partial charge in [-0.05, 0) is 35.4 Å². The Morgan fingerprint density at radius 1 is 1.21 bits per heavy atom. The number of aliphatic imine (C=N–C) groups is 1. The molecule has 0 fully saturated rings. The van der Waals surface area contributed by atoms with Gasteiger partial charge in [0.05, 0.1) is 5.69 Å². The first-order valence-electron chi connectivity index (χ1n) is 5.24.